The predicted octanol–water partition coefficient (Wildman–Crippen LogP) is 1.92. The summed E-state index contributed by atoms with van der Waals surface area (Å²) in [5.41, 5.74) is 0.812. The number of carbonyl (C=O) groups excluding carboxylic acids is 1. The highest BCUT2D eigenvalue weighted by atomic mass is 16.6. The van der Waals surface area contributed by atoms with Crippen LogP contribution < -0.4 is 5.32 Å². The molecule has 8 nitrogen and oxygen atoms in total. The van der Waals surface area contributed by atoms with Crippen molar-refractivity contribution < 1.29 is 14.8 Å². The first kappa shape index (κ1) is 17.6. The molecule has 0 aliphatic rings. The van der Waals surface area contributed by atoms with E-state index in [1.54, 1.807) is 24.4 Å². The highest BCUT2D eigenvalue weighted by molar-refractivity contribution is 5.92. The molecule has 1 amide bonds. The zero-order valence-corrected chi connectivity index (χ0v) is 13.5. The molecule has 0 fully saturated rings. The van der Waals surface area contributed by atoms with E-state index >= 15 is 0 Å². The van der Waals surface area contributed by atoms with Crippen LogP contribution in [-0.2, 0) is 0 Å². The summed E-state index contributed by atoms with van der Waals surface area (Å²) in [5, 5.41) is 27.3. The zero-order chi connectivity index (χ0) is 17.7. The monoisotopic (exact) mass is 332 g/mol. The van der Waals surface area contributed by atoms with Gasteiger partial charge in [-0.05, 0) is 24.1 Å². The van der Waals surface area contributed by atoms with Crippen molar-refractivity contribution in [1.82, 2.24) is 15.1 Å². The number of hydrogen-bond acceptors (Lipinski definition) is 5. The van der Waals surface area contributed by atoms with Gasteiger partial charge in [0.05, 0.1) is 16.7 Å². The number of aliphatic hydroxyl groups is 1. The van der Waals surface area contributed by atoms with Gasteiger partial charge in [0.25, 0.3) is 11.6 Å². The van der Waals surface area contributed by atoms with Gasteiger partial charge in [-0.3, -0.25) is 14.9 Å². The highest BCUT2D eigenvalue weighted by Gasteiger charge is 2.16. The molecule has 1 aromatic heterocycles. The lowest BCUT2D eigenvalue weighted by Gasteiger charge is -2.17. The van der Waals surface area contributed by atoms with Crippen LogP contribution >= 0.6 is 0 Å². The molecule has 2 unspecified atom stereocenters. The summed E-state index contributed by atoms with van der Waals surface area (Å²) < 4.78 is 1.46. The van der Waals surface area contributed by atoms with Crippen molar-refractivity contribution >= 4 is 11.6 Å². The molecule has 2 atom stereocenters. The summed E-state index contributed by atoms with van der Waals surface area (Å²) in [5.74, 6) is -0.277. The quantitative estimate of drug-likeness (QED) is 0.594. The molecule has 128 valence electrons. The lowest BCUT2D eigenvalue weighted by atomic mass is 10.0. The van der Waals surface area contributed by atoms with Crippen molar-refractivity contribution in [1.29, 1.82) is 0 Å². The molecule has 0 bridgehead atoms. The van der Waals surface area contributed by atoms with Gasteiger partial charge < -0.3 is 10.4 Å². The molecule has 1 aromatic carbocycles. The van der Waals surface area contributed by atoms with Crippen molar-refractivity contribution in [3.05, 3.63) is 52.3 Å². The van der Waals surface area contributed by atoms with Gasteiger partial charge in [0.2, 0.25) is 0 Å². The van der Waals surface area contributed by atoms with Gasteiger partial charge in [0, 0.05) is 24.9 Å². The minimum Gasteiger partial charge on any atom is -0.391 e. The highest BCUT2D eigenvalue weighted by Crippen LogP contribution is 2.15. The minimum absolute atomic E-state index is 0.0112. The van der Waals surface area contributed by atoms with E-state index in [4.69, 9.17) is 0 Å². The molecule has 0 aliphatic heterocycles. The van der Waals surface area contributed by atoms with E-state index in [9.17, 15) is 20.0 Å². The number of non-ortho nitro benzene ring substituents is 1. The number of nitro benzene ring substituents is 1. The third-order valence-electron chi connectivity index (χ3n) is 3.92. The first-order chi connectivity index (χ1) is 11.4. The van der Waals surface area contributed by atoms with Crippen molar-refractivity contribution in [2.75, 3.05) is 6.54 Å². The van der Waals surface area contributed by atoms with Crippen molar-refractivity contribution in [2.24, 2.45) is 5.92 Å². The average Bonchev–Trinajstić information content (AvgIpc) is 3.08. The maximum atomic E-state index is 12.1. The van der Waals surface area contributed by atoms with Gasteiger partial charge in [-0.2, -0.15) is 5.10 Å². The molecule has 1 heterocycles. The standard InChI is InChI=1S/C16H20N4O4/c1-3-11(2)15(21)10-17-16(22)14-8-9-19(18-14)12-4-6-13(7-5-12)20(23)24/h4-9,11,15,21H,3,10H2,1-2H3,(H,17,22). The van der Waals surface area contributed by atoms with Crippen LogP contribution in [0.5, 0.6) is 0 Å². The molecular weight excluding hydrogens is 312 g/mol. The Kier molecular flexibility index (Phi) is 5.64. The number of hydrogen-bond donors (Lipinski definition) is 2. The largest absolute Gasteiger partial charge is 0.391 e. The Bertz CT molecular complexity index is 711. The molecular formula is C16H20N4O4. The van der Waals surface area contributed by atoms with E-state index in [1.807, 2.05) is 13.8 Å². The Hall–Kier alpha value is -2.74. The second-order valence-electron chi connectivity index (χ2n) is 5.58. The molecule has 0 spiro atoms. The number of benzene rings is 1. The van der Waals surface area contributed by atoms with E-state index in [0.29, 0.717) is 5.69 Å². The Morgan fingerprint density at radius 1 is 1.38 bits per heavy atom. The summed E-state index contributed by atoms with van der Waals surface area (Å²) in [4.78, 5) is 22.2. The van der Waals surface area contributed by atoms with E-state index in [-0.39, 0.29) is 29.8 Å². The average molecular weight is 332 g/mol. The smallest absolute Gasteiger partial charge is 0.271 e. The van der Waals surface area contributed by atoms with Crippen LogP contribution in [-0.4, -0.2) is 38.4 Å². The van der Waals surface area contributed by atoms with Crippen LogP contribution in [0.4, 0.5) is 5.69 Å². The van der Waals surface area contributed by atoms with Crippen molar-refractivity contribution in [3.63, 3.8) is 0 Å². The van der Waals surface area contributed by atoms with Gasteiger partial charge in [0.1, 0.15) is 0 Å². The maximum absolute atomic E-state index is 12.1. The van der Waals surface area contributed by atoms with Gasteiger partial charge in [0.15, 0.2) is 5.69 Å². The van der Waals surface area contributed by atoms with Crippen LogP contribution in [0.25, 0.3) is 5.69 Å². The third kappa shape index (κ3) is 4.17. The van der Waals surface area contributed by atoms with Crippen LogP contribution in [0.15, 0.2) is 36.5 Å². The number of nitrogens with one attached hydrogen (secondary N) is 1. The molecule has 2 rings (SSSR count). The summed E-state index contributed by atoms with van der Waals surface area (Å²) in [6.45, 7) is 4.06. The fraction of sp³-hybridized carbons (Fsp3) is 0.375. The molecule has 24 heavy (non-hydrogen) atoms. The molecule has 2 aromatic rings. The van der Waals surface area contributed by atoms with Crippen molar-refractivity contribution in [2.45, 2.75) is 26.4 Å². The second kappa shape index (κ2) is 7.69. The SMILES string of the molecule is CCC(C)C(O)CNC(=O)c1ccn(-c2ccc([N+](=O)[O-])cc2)n1. The molecule has 0 radical (unpaired) electrons. The molecule has 2 N–H and O–H groups in total. The predicted molar refractivity (Wildman–Crippen MR) is 88.0 cm³/mol. The minimum atomic E-state index is -0.601. The van der Waals surface area contributed by atoms with Crippen LogP contribution in [0.1, 0.15) is 30.8 Å². The number of nitrogens with zero attached hydrogens (tertiary/aromatic N) is 3. The lowest BCUT2D eigenvalue weighted by molar-refractivity contribution is -0.384. The second-order valence-corrected chi connectivity index (χ2v) is 5.58. The van der Waals surface area contributed by atoms with Crippen LogP contribution in [0, 0.1) is 16.0 Å². The Morgan fingerprint density at radius 2 is 2.04 bits per heavy atom. The fourth-order valence-corrected chi connectivity index (χ4v) is 2.08. The van der Waals surface area contributed by atoms with Gasteiger partial charge in [-0.1, -0.05) is 20.3 Å². The number of amides is 1. The van der Waals surface area contributed by atoms with Crippen LogP contribution in [0.3, 0.4) is 0 Å². The number of aliphatic hydroxyl groups excluding tert-OH is 1. The zero-order valence-electron chi connectivity index (χ0n) is 13.5. The Balaban J connectivity index is 2.02. The Labute approximate surface area is 139 Å². The third-order valence-corrected chi connectivity index (χ3v) is 3.92. The number of aromatic nitrogens is 2. The first-order valence-electron chi connectivity index (χ1n) is 7.69. The number of carbonyl (C=O) groups is 1. The topological polar surface area (TPSA) is 110 Å². The number of rotatable bonds is 7. The van der Waals surface area contributed by atoms with Crippen molar-refractivity contribution in [3.8, 4) is 5.69 Å². The summed E-state index contributed by atoms with van der Waals surface area (Å²) >= 11 is 0. The lowest BCUT2D eigenvalue weighted by Crippen LogP contribution is -2.35. The normalized spacial score (nSPS) is 13.3. The van der Waals surface area contributed by atoms with Gasteiger partial charge in [-0.25, -0.2) is 4.68 Å². The van der Waals surface area contributed by atoms with Gasteiger partial charge in [-0.15, -0.1) is 0 Å². The van der Waals surface area contributed by atoms with Crippen LogP contribution in [0.2, 0.25) is 0 Å². The molecule has 8 heteroatoms. The summed E-state index contributed by atoms with van der Waals surface area (Å²) in [7, 11) is 0. The van der Waals surface area contributed by atoms with E-state index < -0.39 is 11.0 Å². The van der Waals surface area contributed by atoms with E-state index in [1.165, 1.54) is 16.8 Å². The van der Waals surface area contributed by atoms with Gasteiger partial charge >= 0.3 is 0 Å². The van der Waals surface area contributed by atoms with E-state index in [2.05, 4.69) is 10.4 Å². The molecule has 0 aliphatic carbocycles. The molecule has 0 saturated heterocycles. The molecule has 0 saturated carbocycles. The fourth-order valence-electron chi connectivity index (χ4n) is 2.08. The first-order valence-corrected chi connectivity index (χ1v) is 7.69. The summed E-state index contributed by atoms with van der Waals surface area (Å²) in [6.07, 6.45) is 1.82. The van der Waals surface area contributed by atoms with E-state index in [0.717, 1.165) is 6.42 Å². The number of nitro groups is 1. The maximum Gasteiger partial charge on any atom is 0.271 e. The Morgan fingerprint density at radius 3 is 2.62 bits per heavy atom. The summed E-state index contributed by atoms with van der Waals surface area (Å²) in [6, 6.07) is 7.41.